The zero-order chi connectivity index (χ0) is 14.8. The van der Waals surface area contributed by atoms with Crippen molar-refractivity contribution in [1.82, 2.24) is 5.32 Å². The molecule has 0 fully saturated rings. The van der Waals surface area contributed by atoms with Crippen LogP contribution in [0.15, 0.2) is 60.9 Å². The summed E-state index contributed by atoms with van der Waals surface area (Å²) >= 11 is 0. The summed E-state index contributed by atoms with van der Waals surface area (Å²) in [5.41, 5.74) is 1.68. The van der Waals surface area contributed by atoms with Gasteiger partial charge in [0.05, 0.1) is 0 Å². The van der Waals surface area contributed by atoms with Gasteiger partial charge in [0.1, 0.15) is 0 Å². The molecule has 0 bridgehead atoms. The summed E-state index contributed by atoms with van der Waals surface area (Å²) < 4.78 is 0. The molecule has 0 aliphatic heterocycles. The number of allylic oxidation sites excluding steroid dienone is 7. The molecule has 2 heteroatoms. The molecule has 0 spiro atoms. The van der Waals surface area contributed by atoms with Crippen LogP contribution in [0.2, 0.25) is 0 Å². The van der Waals surface area contributed by atoms with Gasteiger partial charge in [-0.1, -0.05) is 65.2 Å². The standard InChI is InChI=1S/C17H25NO/c1-7-15(10-9-13(3)4)11-12-16(8-2)18-17(19)14(5)6/h7-14H,1-2H2,3-6H3,(H,18,19)/b10-9+,15-11+,16-12+. The molecule has 0 heterocycles. The Hall–Kier alpha value is -1.83. The van der Waals surface area contributed by atoms with Crippen LogP contribution in [-0.4, -0.2) is 5.91 Å². The molecule has 0 radical (unpaired) electrons. The number of carbonyl (C=O) groups excluding carboxylic acids is 1. The highest BCUT2D eigenvalue weighted by atomic mass is 16.1. The van der Waals surface area contributed by atoms with Crippen molar-refractivity contribution in [3.8, 4) is 0 Å². The van der Waals surface area contributed by atoms with Crippen LogP contribution < -0.4 is 5.32 Å². The van der Waals surface area contributed by atoms with E-state index in [0.29, 0.717) is 11.6 Å². The molecule has 0 aromatic rings. The third-order valence-electron chi connectivity index (χ3n) is 2.38. The van der Waals surface area contributed by atoms with Gasteiger partial charge in [0.2, 0.25) is 5.91 Å². The monoisotopic (exact) mass is 259 g/mol. The van der Waals surface area contributed by atoms with Crippen molar-refractivity contribution in [2.45, 2.75) is 27.7 Å². The highest BCUT2D eigenvalue weighted by Crippen LogP contribution is 2.05. The first-order valence-electron chi connectivity index (χ1n) is 6.56. The van der Waals surface area contributed by atoms with Crippen molar-refractivity contribution < 1.29 is 4.79 Å². The van der Waals surface area contributed by atoms with Crippen LogP contribution in [0.1, 0.15) is 27.7 Å². The number of hydrogen-bond acceptors (Lipinski definition) is 1. The second kappa shape index (κ2) is 9.15. The number of rotatable bonds is 7. The first-order chi connectivity index (χ1) is 8.90. The van der Waals surface area contributed by atoms with Crippen LogP contribution in [0.5, 0.6) is 0 Å². The van der Waals surface area contributed by atoms with Crippen LogP contribution in [0, 0.1) is 11.8 Å². The Balaban J connectivity index is 4.90. The normalized spacial score (nSPS) is 13.2. The maximum absolute atomic E-state index is 11.6. The molecule has 104 valence electrons. The van der Waals surface area contributed by atoms with E-state index in [1.165, 1.54) is 0 Å². The maximum Gasteiger partial charge on any atom is 0.226 e. The smallest absolute Gasteiger partial charge is 0.226 e. The fourth-order valence-corrected chi connectivity index (χ4v) is 1.13. The molecule has 0 aliphatic rings. The van der Waals surface area contributed by atoms with Crippen molar-refractivity contribution >= 4 is 5.91 Å². The average molecular weight is 259 g/mol. The van der Waals surface area contributed by atoms with Crippen molar-refractivity contribution in [2.75, 3.05) is 0 Å². The maximum atomic E-state index is 11.6. The zero-order valence-corrected chi connectivity index (χ0v) is 12.4. The first-order valence-corrected chi connectivity index (χ1v) is 6.56. The van der Waals surface area contributed by atoms with Crippen molar-refractivity contribution in [3.63, 3.8) is 0 Å². The molecule has 0 saturated heterocycles. The Bertz CT molecular complexity index is 409. The van der Waals surface area contributed by atoms with Gasteiger partial charge in [-0.05, 0) is 23.6 Å². The average Bonchev–Trinajstić information content (AvgIpc) is 2.36. The second-order valence-electron chi connectivity index (χ2n) is 4.94. The number of nitrogens with one attached hydrogen (secondary N) is 1. The van der Waals surface area contributed by atoms with E-state index in [4.69, 9.17) is 0 Å². The highest BCUT2D eigenvalue weighted by molar-refractivity contribution is 5.80. The molecule has 0 aliphatic carbocycles. The highest BCUT2D eigenvalue weighted by Gasteiger charge is 2.06. The third kappa shape index (κ3) is 7.98. The van der Waals surface area contributed by atoms with Crippen LogP contribution >= 0.6 is 0 Å². The van der Waals surface area contributed by atoms with Gasteiger partial charge in [-0.2, -0.15) is 0 Å². The minimum absolute atomic E-state index is 0.0163. The van der Waals surface area contributed by atoms with E-state index < -0.39 is 0 Å². The van der Waals surface area contributed by atoms with Gasteiger partial charge in [-0.25, -0.2) is 0 Å². The SMILES string of the molecule is C=CC(/C=C/C(C)C)=C\C=C(/C=C)NC(=O)C(C)C. The Kier molecular flexibility index (Phi) is 8.27. The van der Waals surface area contributed by atoms with E-state index in [0.717, 1.165) is 5.57 Å². The lowest BCUT2D eigenvalue weighted by Gasteiger charge is -2.07. The van der Waals surface area contributed by atoms with Gasteiger partial charge in [0.15, 0.2) is 0 Å². The Labute approximate surface area is 117 Å². The summed E-state index contributed by atoms with van der Waals surface area (Å²) in [6.07, 6.45) is 11.3. The van der Waals surface area contributed by atoms with Crippen LogP contribution in [0.3, 0.4) is 0 Å². The molecular formula is C17H25NO. The van der Waals surface area contributed by atoms with Gasteiger partial charge in [-0.3, -0.25) is 4.79 Å². The quantitative estimate of drug-likeness (QED) is 0.684. The van der Waals surface area contributed by atoms with Gasteiger partial charge >= 0.3 is 0 Å². The fourth-order valence-electron chi connectivity index (χ4n) is 1.13. The largest absolute Gasteiger partial charge is 0.326 e. The number of hydrogen-bond donors (Lipinski definition) is 1. The third-order valence-corrected chi connectivity index (χ3v) is 2.38. The van der Waals surface area contributed by atoms with E-state index in [9.17, 15) is 4.79 Å². The number of carbonyl (C=O) groups is 1. The summed E-state index contributed by atoms with van der Waals surface area (Å²) in [4.78, 5) is 11.6. The van der Waals surface area contributed by atoms with Gasteiger partial charge in [0.25, 0.3) is 0 Å². The molecule has 19 heavy (non-hydrogen) atoms. The van der Waals surface area contributed by atoms with Gasteiger partial charge in [0, 0.05) is 11.6 Å². The summed E-state index contributed by atoms with van der Waals surface area (Å²) in [6.45, 7) is 15.4. The Morgan fingerprint density at radius 2 is 1.68 bits per heavy atom. The lowest BCUT2D eigenvalue weighted by molar-refractivity contribution is -0.123. The summed E-state index contributed by atoms with van der Waals surface area (Å²) in [5.74, 6) is 0.427. The van der Waals surface area contributed by atoms with E-state index in [-0.39, 0.29) is 11.8 Å². The lowest BCUT2D eigenvalue weighted by Crippen LogP contribution is -2.26. The predicted molar refractivity (Wildman–Crippen MR) is 83.5 cm³/mol. The molecule has 0 unspecified atom stereocenters. The minimum Gasteiger partial charge on any atom is -0.326 e. The minimum atomic E-state index is -0.0490. The van der Waals surface area contributed by atoms with Crippen LogP contribution in [0.25, 0.3) is 0 Å². The van der Waals surface area contributed by atoms with E-state index >= 15 is 0 Å². The zero-order valence-electron chi connectivity index (χ0n) is 12.4. The van der Waals surface area contributed by atoms with E-state index in [2.05, 4.69) is 38.4 Å². The van der Waals surface area contributed by atoms with Crippen LogP contribution in [0.4, 0.5) is 0 Å². The Morgan fingerprint density at radius 1 is 1.05 bits per heavy atom. The van der Waals surface area contributed by atoms with E-state index in [1.807, 2.05) is 32.1 Å². The number of amides is 1. The van der Waals surface area contributed by atoms with Crippen molar-refractivity contribution in [3.05, 3.63) is 60.9 Å². The molecule has 0 rings (SSSR count). The van der Waals surface area contributed by atoms with Crippen molar-refractivity contribution in [1.29, 1.82) is 0 Å². The molecule has 1 N–H and O–H groups in total. The summed E-state index contributed by atoms with van der Waals surface area (Å²) in [7, 11) is 0. The fraction of sp³-hybridized carbons (Fsp3) is 0.353. The molecule has 0 atom stereocenters. The van der Waals surface area contributed by atoms with E-state index in [1.54, 1.807) is 12.2 Å². The van der Waals surface area contributed by atoms with Crippen molar-refractivity contribution in [2.24, 2.45) is 11.8 Å². The van der Waals surface area contributed by atoms with Gasteiger partial charge in [-0.15, -0.1) is 0 Å². The molecule has 0 saturated carbocycles. The molecule has 0 aromatic carbocycles. The lowest BCUT2D eigenvalue weighted by atomic mass is 10.1. The topological polar surface area (TPSA) is 29.1 Å². The molecule has 2 nitrogen and oxygen atoms in total. The predicted octanol–water partition coefficient (Wildman–Crippen LogP) is 4.15. The summed E-state index contributed by atoms with van der Waals surface area (Å²) in [5, 5.41) is 2.81. The first kappa shape index (κ1) is 17.2. The molecule has 1 amide bonds. The second-order valence-corrected chi connectivity index (χ2v) is 4.94. The summed E-state index contributed by atoms with van der Waals surface area (Å²) in [6, 6.07) is 0. The van der Waals surface area contributed by atoms with Gasteiger partial charge < -0.3 is 5.32 Å². The molecular weight excluding hydrogens is 234 g/mol. The molecule has 0 aromatic heterocycles. The Morgan fingerprint density at radius 3 is 2.11 bits per heavy atom. The van der Waals surface area contributed by atoms with Crippen LogP contribution in [-0.2, 0) is 4.79 Å².